The van der Waals surface area contributed by atoms with Gasteiger partial charge in [-0.25, -0.2) is 4.39 Å². The molecule has 2 aromatic heterocycles. The molecule has 0 saturated heterocycles. The molecule has 0 fully saturated rings. The zero-order chi connectivity index (χ0) is 22.7. The fraction of sp³-hybridized carbons (Fsp3) is 0.200. The third-order valence-electron chi connectivity index (χ3n) is 5.45. The van der Waals surface area contributed by atoms with Crippen LogP contribution in [0.15, 0.2) is 65.4 Å². The molecule has 0 aliphatic carbocycles. The first-order valence-electron chi connectivity index (χ1n) is 10.3. The number of fused-ring (bicyclic) bond motifs is 1. The molecule has 0 aliphatic rings. The number of furan rings is 1. The van der Waals surface area contributed by atoms with E-state index in [4.69, 9.17) is 14.9 Å². The van der Waals surface area contributed by atoms with Crippen molar-refractivity contribution in [3.05, 3.63) is 83.6 Å². The second-order valence-corrected chi connectivity index (χ2v) is 7.43. The largest absolute Gasteiger partial charge is 0.489 e. The Morgan fingerprint density at radius 3 is 2.78 bits per heavy atom. The first kappa shape index (κ1) is 21.5. The number of hydrogen-bond acceptors (Lipinski definition) is 5. The molecular weight excluding hydrogens is 411 g/mol. The molecule has 4 rings (SSSR count). The van der Waals surface area contributed by atoms with Gasteiger partial charge in [0.25, 0.3) is 0 Å². The molecule has 3 N–H and O–H groups in total. The van der Waals surface area contributed by atoms with Gasteiger partial charge in [0.1, 0.15) is 17.9 Å². The van der Waals surface area contributed by atoms with Gasteiger partial charge in [0.05, 0.1) is 17.9 Å². The maximum Gasteiger partial charge on any atom is 0.311 e. The molecule has 32 heavy (non-hydrogen) atoms. The SMILES string of the molecule is CCC(C(=O)O)c1ccccc1OCc1cc(-c2ccnc(CN)c2F)c2occc2c1. The number of aromatic nitrogens is 1. The number of carboxylic acids is 1. The highest BCUT2D eigenvalue weighted by Crippen LogP contribution is 2.34. The molecule has 0 radical (unpaired) electrons. The number of nitrogens with zero attached hydrogens (tertiary/aromatic N) is 1. The van der Waals surface area contributed by atoms with E-state index in [9.17, 15) is 14.3 Å². The predicted octanol–water partition coefficient (Wildman–Crippen LogP) is 5.25. The number of nitrogens with two attached hydrogens (primary N) is 1. The normalized spacial score (nSPS) is 12.1. The van der Waals surface area contributed by atoms with Crippen LogP contribution < -0.4 is 10.5 Å². The van der Waals surface area contributed by atoms with E-state index in [0.717, 1.165) is 10.9 Å². The molecule has 6 nitrogen and oxygen atoms in total. The van der Waals surface area contributed by atoms with Crippen molar-refractivity contribution in [2.45, 2.75) is 32.4 Å². The monoisotopic (exact) mass is 434 g/mol. The van der Waals surface area contributed by atoms with Gasteiger partial charge in [0, 0.05) is 34.8 Å². The molecule has 0 bridgehead atoms. The predicted molar refractivity (Wildman–Crippen MR) is 119 cm³/mol. The van der Waals surface area contributed by atoms with Crippen molar-refractivity contribution in [1.29, 1.82) is 0 Å². The van der Waals surface area contributed by atoms with Crippen molar-refractivity contribution in [1.82, 2.24) is 4.98 Å². The van der Waals surface area contributed by atoms with Crippen LogP contribution in [0.25, 0.3) is 22.1 Å². The summed E-state index contributed by atoms with van der Waals surface area (Å²) in [5.41, 5.74) is 8.68. The summed E-state index contributed by atoms with van der Waals surface area (Å²) < 4.78 is 26.6. The van der Waals surface area contributed by atoms with Gasteiger partial charge in [-0.15, -0.1) is 0 Å². The molecule has 0 saturated carbocycles. The van der Waals surface area contributed by atoms with Gasteiger partial charge < -0.3 is 20.0 Å². The van der Waals surface area contributed by atoms with E-state index in [1.54, 1.807) is 42.7 Å². The minimum absolute atomic E-state index is 0.0112. The average molecular weight is 434 g/mol. The van der Waals surface area contributed by atoms with Gasteiger partial charge >= 0.3 is 5.97 Å². The van der Waals surface area contributed by atoms with Crippen LogP contribution in [0.3, 0.4) is 0 Å². The highest BCUT2D eigenvalue weighted by atomic mass is 19.1. The zero-order valence-corrected chi connectivity index (χ0v) is 17.5. The van der Waals surface area contributed by atoms with Crippen LogP contribution in [0.2, 0.25) is 0 Å². The molecule has 164 valence electrons. The summed E-state index contributed by atoms with van der Waals surface area (Å²) >= 11 is 0. The quantitative estimate of drug-likeness (QED) is 0.393. The molecule has 0 spiro atoms. The number of carbonyl (C=O) groups is 1. The number of carboxylic acid groups (broad SMARTS) is 1. The number of halogens is 1. The van der Waals surface area contributed by atoms with Crippen LogP contribution in [0.1, 0.15) is 36.1 Å². The lowest BCUT2D eigenvalue weighted by Crippen LogP contribution is -2.12. The number of ether oxygens (including phenoxy) is 1. The zero-order valence-electron chi connectivity index (χ0n) is 17.5. The van der Waals surface area contributed by atoms with Gasteiger partial charge in [0.2, 0.25) is 0 Å². The highest BCUT2D eigenvalue weighted by Gasteiger charge is 2.22. The van der Waals surface area contributed by atoms with Crippen molar-refractivity contribution in [2.75, 3.05) is 0 Å². The molecule has 4 aromatic rings. The van der Waals surface area contributed by atoms with Gasteiger partial charge in [-0.05, 0) is 42.3 Å². The van der Waals surface area contributed by atoms with Gasteiger partial charge in [0.15, 0.2) is 5.82 Å². The van der Waals surface area contributed by atoms with Crippen molar-refractivity contribution >= 4 is 16.9 Å². The summed E-state index contributed by atoms with van der Waals surface area (Å²) in [5, 5.41) is 10.3. The molecule has 2 heterocycles. The first-order chi connectivity index (χ1) is 15.5. The van der Waals surface area contributed by atoms with Gasteiger partial charge in [-0.1, -0.05) is 25.1 Å². The second-order valence-electron chi connectivity index (χ2n) is 7.43. The van der Waals surface area contributed by atoms with E-state index in [1.165, 1.54) is 6.20 Å². The summed E-state index contributed by atoms with van der Waals surface area (Å²) in [7, 11) is 0. The first-order valence-corrected chi connectivity index (χ1v) is 10.3. The summed E-state index contributed by atoms with van der Waals surface area (Å²) in [6.45, 7) is 1.99. The van der Waals surface area contributed by atoms with E-state index in [1.807, 2.05) is 19.1 Å². The van der Waals surface area contributed by atoms with Crippen LogP contribution >= 0.6 is 0 Å². The van der Waals surface area contributed by atoms with Crippen LogP contribution in [0.5, 0.6) is 5.75 Å². The number of rotatable bonds is 8. The summed E-state index contributed by atoms with van der Waals surface area (Å²) in [5.74, 6) is -1.52. The number of hydrogen-bond donors (Lipinski definition) is 2. The third-order valence-corrected chi connectivity index (χ3v) is 5.45. The minimum Gasteiger partial charge on any atom is -0.489 e. The van der Waals surface area contributed by atoms with Crippen molar-refractivity contribution in [2.24, 2.45) is 5.73 Å². The summed E-state index contributed by atoms with van der Waals surface area (Å²) in [6, 6.07) is 14.2. The van der Waals surface area contributed by atoms with E-state index in [2.05, 4.69) is 4.98 Å². The molecule has 0 amide bonds. The molecule has 1 atom stereocenters. The Balaban J connectivity index is 1.71. The van der Waals surface area contributed by atoms with Crippen LogP contribution in [0.4, 0.5) is 4.39 Å². The fourth-order valence-corrected chi connectivity index (χ4v) is 3.85. The van der Waals surface area contributed by atoms with E-state index in [-0.39, 0.29) is 18.8 Å². The van der Waals surface area contributed by atoms with E-state index >= 15 is 0 Å². The maximum absolute atomic E-state index is 15.0. The minimum atomic E-state index is -0.894. The fourth-order valence-electron chi connectivity index (χ4n) is 3.85. The second kappa shape index (κ2) is 9.20. The van der Waals surface area contributed by atoms with Gasteiger partial charge in [-0.3, -0.25) is 9.78 Å². The number of aliphatic carboxylic acids is 1. The standard InChI is InChI=1S/C25H23FN2O4/c1-2-17(25(29)30)18-5-3-4-6-22(18)32-14-15-11-16-8-10-31-24(16)20(12-15)19-7-9-28-21(13-27)23(19)26/h3-12,17H,2,13-14,27H2,1H3,(H,29,30). The van der Waals surface area contributed by atoms with E-state index < -0.39 is 17.7 Å². The lowest BCUT2D eigenvalue weighted by Gasteiger charge is -2.16. The molecule has 2 aromatic carbocycles. The Bertz CT molecular complexity index is 1270. The van der Waals surface area contributed by atoms with Crippen molar-refractivity contribution < 1.29 is 23.4 Å². The molecular formula is C25H23FN2O4. The Labute approximate surface area is 184 Å². The Hall–Kier alpha value is -3.71. The lowest BCUT2D eigenvalue weighted by atomic mass is 9.96. The highest BCUT2D eigenvalue weighted by molar-refractivity contribution is 5.93. The average Bonchev–Trinajstić information content (AvgIpc) is 3.27. The topological polar surface area (TPSA) is 98.6 Å². The third kappa shape index (κ3) is 4.07. The summed E-state index contributed by atoms with van der Waals surface area (Å²) in [6.07, 6.45) is 3.52. The van der Waals surface area contributed by atoms with Crippen LogP contribution in [0, 0.1) is 5.82 Å². The molecule has 7 heteroatoms. The number of pyridine rings is 1. The van der Waals surface area contributed by atoms with E-state index in [0.29, 0.717) is 34.4 Å². The Morgan fingerprint density at radius 2 is 2.03 bits per heavy atom. The van der Waals surface area contributed by atoms with Crippen molar-refractivity contribution in [3.8, 4) is 16.9 Å². The molecule has 0 aliphatic heterocycles. The summed E-state index contributed by atoms with van der Waals surface area (Å²) in [4.78, 5) is 15.6. The smallest absolute Gasteiger partial charge is 0.311 e. The molecule has 1 unspecified atom stereocenters. The van der Waals surface area contributed by atoms with Gasteiger partial charge in [-0.2, -0.15) is 0 Å². The van der Waals surface area contributed by atoms with Crippen LogP contribution in [-0.2, 0) is 17.9 Å². The maximum atomic E-state index is 15.0. The van der Waals surface area contributed by atoms with Crippen LogP contribution in [-0.4, -0.2) is 16.1 Å². The number of para-hydroxylation sites is 1. The lowest BCUT2D eigenvalue weighted by molar-refractivity contribution is -0.138. The number of benzene rings is 2. The Kier molecular flexibility index (Phi) is 6.18. The Morgan fingerprint density at radius 1 is 1.22 bits per heavy atom. The van der Waals surface area contributed by atoms with Crippen molar-refractivity contribution in [3.63, 3.8) is 0 Å².